The van der Waals surface area contributed by atoms with Crippen LogP contribution in [0.3, 0.4) is 0 Å². The number of ketones is 3. The van der Waals surface area contributed by atoms with Gasteiger partial charge in [-0.25, -0.2) is 0 Å². The largest absolute Gasteiger partial charge is 0.388 e. The highest BCUT2D eigenvalue weighted by molar-refractivity contribution is 6.67. The number of carbonyl (C=O) groups excluding carboxylic acids is 6. The quantitative estimate of drug-likeness (QED) is 0.0212. The Kier molecular flexibility index (Phi) is 34.3. The van der Waals surface area contributed by atoms with Crippen LogP contribution in [0.25, 0.3) is 0 Å². The van der Waals surface area contributed by atoms with Gasteiger partial charge in [-0.15, -0.1) is 78.9 Å². The van der Waals surface area contributed by atoms with Gasteiger partial charge in [0.05, 0.1) is 0 Å². The van der Waals surface area contributed by atoms with E-state index in [1.54, 1.807) is 0 Å². The number of benzene rings is 2. The summed E-state index contributed by atoms with van der Waals surface area (Å²) < 4.78 is 0. The van der Waals surface area contributed by atoms with Crippen molar-refractivity contribution in [3.8, 4) is 0 Å². The Morgan fingerprint density at radius 1 is 0.365 bits per heavy atom. The lowest BCUT2D eigenvalue weighted by Crippen LogP contribution is -2.26. The first kappa shape index (κ1) is 90.4. The molecule has 13 nitrogen and oxygen atoms in total. The number of aliphatic hydroxyl groups is 1. The summed E-state index contributed by atoms with van der Waals surface area (Å²) in [5.74, 6) is 11.5. The van der Waals surface area contributed by atoms with Crippen molar-refractivity contribution >= 4 is 46.0 Å². The number of hydrogen-bond acceptors (Lipinski definition) is 11. The number of fused-ring (bicyclic) bond motifs is 6. The van der Waals surface area contributed by atoms with E-state index in [1.165, 1.54) is 0 Å². The lowest BCUT2D eigenvalue weighted by molar-refractivity contribution is -0.118. The second kappa shape index (κ2) is 43.6. The second-order valence-electron chi connectivity index (χ2n) is 33.9. The minimum Gasteiger partial charge on any atom is -0.388 e. The average molecular weight is 1580 g/mol. The van der Waals surface area contributed by atoms with Gasteiger partial charge in [0.2, 0.25) is 17.1 Å². The molecule has 11 N–H and O–H groups in total. The smallest absolute Gasteiger partial charge is 0.248 e. The molecule has 6 fully saturated rings. The van der Waals surface area contributed by atoms with Crippen molar-refractivity contribution < 1.29 is 33.9 Å². The van der Waals surface area contributed by atoms with E-state index in [0.29, 0.717) is 207 Å². The van der Waals surface area contributed by atoms with Gasteiger partial charge >= 0.3 is 0 Å². The number of amides is 2. The van der Waals surface area contributed by atoms with Crippen LogP contribution in [0.1, 0.15) is 119 Å². The number of hydrogen-bond donors (Lipinski definition) is 7. The average Bonchev–Trinajstić information content (AvgIpc) is 1.66. The number of aryl methyl sites for hydroxylation is 1. The Morgan fingerprint density at radius 2 is 0.643 bits per heavy atom. The zero-order valence-corrected chi connectivity index (χ0v) is 69.0. The number of Topliss-reactive ketones (excluding diaryl/α,β-unsaturated/α-hetero) is 3. The fourth-order valence-electron chi connectivity index (χ4n) is 21.6. The van der Waals surface area contributed by atoms with Gasteiger partial charge in [-0.1, -0.05) is 158 Å². The van der Waals surface area contributed by atoms with Crippen molar-refractivity contribution in [1.29, 1.82) is 0 Å². The van der Waals surface area contributed by atoms with Crippen molar-refractivity contribution in [3.63, 3.8) is 0 Å². The molecule has 14 heteroatoms. The van der Waals surface area contributed by atoms with Crippen LogP contribution in [0.15, 0.2) is 270 Å². The fraction of sp³-hybridized carbons (Fsp3) is 0.465. The SMILES string of the molecule is C=CC1CC(C=C)C2CC(C(=O)CCCNC(=O)C3=CC4C(C=C)CC(C=C)C4C3)=CC12.C=CC1CC(C=C)C2CC(C(=O)CCc3cccc(CNC(=O)C4=CC5C(C=C)CC(C=C)C5C4)c3)=CC12.C=CC1CC(C=C)C2CC(C(=O)CO)=CC12.C=CC1CC(C=C)C2CC(C(=O)Cl)=CC12.NCCN.NCc1cccc(CN)c1. The topological polar surface area (TPSA) is 251 Å². The van der Waals surface area contributed by atoms with Crippen molar-refractivity contribution in [2.45, 2.75) is 122 Å². The Morgan fingerprint density at radius 3 is 0.965 bits per heavy atom. The van der Waals surface area contributed by atoms with E-state index >= 15 is 0 Å². The monoisotopic (exact) mass is 1570 g/mol. The first-order valence-electron chi connectivity index (χ1n) is 42.3. The Hall–Kier alpha value is -8.53. The maximum atomic E-state index is 13.1. The maximum absolute atomic E-state index is 13.1. The summed E-state index contributed by atoms with van der Waals surface area (Å²) in [4.78, 5) is 74.1. The van der Waals surface area contributed by atoms with Crippen LogP contribution < -0.4 is 33.6 Å². The van der Waals surface area contributed by atoms with Crippen molar-refractivity contribution in [1.82, 2.24) is 10.6 Å². The highest BCUT2D eigenvalue weighted by atomic mass is 35.5. The molecule has 115 heavy (non-hydrogen) atoms. The standard InChI is InChI=1S/C35H41NO2.C29H37NO2.C14H18O2.C13H15ClO.C8H12N2.C2H8N2/c1-5-24-15-25(6-2)31-18-28(17-30(24)31)34(37)13-12-22-10-9-11-23(14-22)21-36-35(38)29-19-32-26(7-3)16-27(8-4)33(32)20-29;1-5-18-12-19(6-2)25-15-22(14-24(18)25)28(31)10-9-11-30-29(32)23-16-26-20(7-3)13-21(8-4)27(26)17-23;1-3-9-5-10(4-2)13-7-11(6-12(9)13)14(16)8-15;1-3-8-5-9(4-2)12-7-10(13(14)15)6-11(8)12;9-5-7-2-1-3-8(4-7)6-10;3-1-2-4/h5-11,14,17,19,24-27,30-33H,1-4,12-13,15-16,18,20-21H2,(H,36,38);5-8,14,16,18-21,24-27H,1-4,9-13,15,17H2,(H,30,32);3-4,6,9-10,12-13,15H,1-2,5,7-8H2;3-4,6,8-9,11-12H,1-2,5,7H2;1-4H,5-6,9-10H2;1-4H2. The van der Waals surface area contributed by atoms with Gasteiger partial charge in [-0.2, -0.15) is 0 Å². The molecule has 0 aliphatic heterocycles. The van der Waals surface area contributed by atoms with Crippen LogP contribution in [0.5, 0.6) is 0 Å². The molecule has 24 atom stereocenters. The molecule has 14 rings (SSSR count). The van der Waals surface area contributed by atoms with Crippen LogP contribution >= 0.6 is 11.6 Å². The Balaban J connectivity index is 0.000000175. The van der Waals surface area contributed by atoms with Crippen molar-refractivity contribution in [3.05, 3.63) is 293 Å². The minimum absolute atomic E-state index is 0.0229. The second-order valence-corrected chi connectivity index (χ2v) is 34.2. The maximum Gasteiger partial charge on any atom is 0.248 e. The summed E-state index contributed by atoms with van der Waals surface area (Å²) in [6, 6.07) is 16.3. The van der Waals surface area contributed by atoms with E-state index in [9.17, 15) is 28.8 Å². The molecular weight excluding hydrogens is 1440 g/mol. The van der Waals surface area contributed by atoms with Gasteiger partial charge in [0.15, 0.2) is 17.3 Å². The van der Waals surface area contributed by atoms with Gasteiger partial charge < -0.3 is 38.7 Å². The summed E-state index contributed by atoms with van der Waals surface area (Å²) in [5, 5.41) is 14.7. The van der Waals surface area contributed by atoms with Gasteiger partial charge in [-0.3, -0.25) is 28.8 Å². The number of halogens is 1. The van der Waals surface area contributed by atoms with Crippen LogP contribution in [-0.2, 0) is 54.8 Å². The van der Waals surface area contributed by atoms with E-state index in [4.69, 9.17) is 39.6 Å². The summed E-state index contributed by atoms with van der Waals surface area (Å²) in [6.45, 7) is 50.5. The molecular formula is C101H131ClN6O7. The minimum atomic E-state index is -0.372. The molecule has 0 radical (unpaired) electrons. The van der Waals surface area contributed by atoms with E-state index in [0.717, 1.165) is 133 Å². The zero-order valence-electron chi connectivity index (χ0n) is 68.2. The number of carbonyl (C=O) groups is 6. The van der Waals surface area contributed by atoms with Crippen molar-refractivity contribution in [2.75, 3.05) is 26.2 Å². The van der Waals surface area contributed by atoms with Crippen LogP contribution in [0.4, 0.5) is 0 Å². The molecule has 2 aromatic rings. The summed E-state index contributed by atoms with van der Waals surface area (Å²) in [6.07, 6.45) is 51.2. The summed E-state index contributed by atoms with van der Waals surface area (Å²) >= 11 is 5.52. The number of nitrogens with one attached hydrogen (secondary N) is 2. The third-order valence-electron chi connectivity index (χ3n) is 27.9. The summed E-state index contributed by atoms with van der Waals surface area (Å²) in [7, 11) is 0. The fourth-order valence-corrected chi connectivity index (χ4v) is 21.7. The first-order chi connectivity index (χ1) is 55.6. The lowest BCUT2D eigenvalue weighted by atomic mass is 9.89. The predicted molar refractivity (Wildman–Crippen MR) is 472 cm³/mol. The van der Waals surface area contributed by atoms with Crippen LogP contribution in [-0.4, -0.2) is 65.8 Å². The Bertz CT molecular complexity index is 3960. The van der Waals surface area contributed by atoms with Gasteiger partial charge in [0.25, 0.3) is 0 Å². The van der Waals surface area contributed by atoms with Gasteiger partial charge in [0.1, 0.15) is 6.61 Å². The first-order valence-corrected chi connectivity index (χ1v) is 42.7. The number of nitrogens with two attached hydrogens (primary N) is 4. The third-order valence-corrected chi connectivity index (χ3v) is 28.1. The number of allylic oxidation sites excluding steroid dienone is 21. The molecule has 0 aromatic heterocycles. The molecule has 12 aliphatic rings. The van der Waals surface area contributed by atoms with E-state index in [2.05, 4.69) is 162 Å². The molecule has 2 amide bonds. The number of aliphatic hydroxyl groups excluding tert-OH is 1. The van der Waals surface area contributed by atoms with Gasteiger partial charge in [-0.05, 0) is 282 Å². The molecule has 0 spiro atoms. The molecule has 0 bridgehead atoms. The van der Waals surface area contributed by atoms with Crippen molar-refractivity contribution in [2.24, 2.45) is 165 Å². The zero-order chi connectivity index (χ0) is 83.2. The van der Waals surface area contributed by atoms with Crippen LogP contribution in [0, 0.1) is 142 Å². The molecule has 12 aliphatic carbocycles. The highest BCUT2D eigenvalue weighted by Gasteiger charge is 2.49. The Labute approximate surface area is 692 Å². The molecule has 6 saturated carbocycles. The van der Waals surface area contributed by atoms with E-state index in [1.807, 2.05) is 85.0 Å². The molecule has 24 unspecified atom stereocenters. The van der Waals surface area contributed by atoms with Gasteiger partial charge in [0, 0.05) is 68.8 Å². The van der Waals surface area contributed by atoms with E-state index < -0.39 is 0 Å². The lowest BCUT2D eigenvalue weighted by Gasteiger charge is -2.15. The number of rotatable bonds is 31. The highest BCUT2D eigenvalue weighted by Crippen LogP contribution is 2.56. The molecule has 2 aromatic carbocycles. The van der Waals surface area contributed by atoms with E-state index in [-0.39, 0.29) is 41.0 Å². The predicted octanol–water partition coefficient (Wildman–Crippen LogP) is 17.5. The van der Waals surface area contributed by atoms with Crippen LogP contribution in [0.2, 0.25) is 0 Å². The molecule has 0 heterocycles. The third kappa shape index (κ3) is 21.8. The molecule has 0 saturated heterocycles. The normalized spacial score (nSPS) is 32.5. The summed E-state index contributed by atoms with van der Waals surface area (Å²) in [5.41, 5.74) is 30.5. The molecule has 614 valence electrons.